The minimum absolute atomic E-state index is 0.0801. The highest BCUT2D eigenvalue weighted by Gasteiger charge is 2.32. The topological polar surface area (TPSA) is 47.0 Å². The van der Waals surface area contributed by atoms with Crippen molar-refractivity contribution in [3.05, 3.63) is 35.9 Å². The van der Waals surface area contributed by atoms with Gasteiger partial charge in [0, 0.05) is 32.7 Å². The van der Waals surface area contributed by atoms with Crippen LogP contribution in [0.2, 0.25) is 0 Å². The maximum absolute atomic E-state index is 12.6. The third-order valence-electron chi connectivity index (χ3n) is 5.10. The number of benzene rings is 1. The van der Waals surface area contributed by atoms with Crippen LogP contribution in [0.1, 0.15) is 24.5 Å². The van der Waals surface area contributed by atoms with Crippen LogP contribution >= 0.6 is 0 Å². The molecule has 0 saturated carbocycles. The number of nitrogens with zero attached hydrogens (tertiary/aromatic N) is 3. The minimum Gasteiger partial charge on any atom is -0.387 e. The molecule has 2 atom stereocenters. The Balaban J connectivity index is 1.48. The van der Waals surface area contributed by atoms with Gasteiger partial charge in [-0.15, -0.1) is 0 Å². The first kappa shape index (κ1) is 16.4. The molecule has 2 aliphatic heterocycles. The maximum atomic E-state index is 12.6. The lowest BCUT2D eigenvalue weighted by Gasteiger charge is -2.37. The van der Waals surface area contributed by atoms with Crippen molar-refractivity contribution in [2.24, 2.45) is 0 Å². The fraction of sp³-hybridized carbons (Fsp3) is 0.611. The third kappa shape index (κ3) is 3.91. The van der Waals surface area contributed by atoms with Crippen LogP contribution in [0, 0.1) is 0 Å². The number of carbonyl (C=O) groups is 1. The Kier molecular flexibility index (Phi) is 5.30. The van der Waals surface area contributed by atoms with Crippen molar-refractivity contribution in [1.29, 1.82) is 0 Å². The Morgan fingerprint density at radius 3 is 2.48 bits per heavy atom. The van der Waals surface area contributed by atoms with E-state index in [1.54, 1.807) is 0 Å². The number of likely N-dealkylation sites (N-methyl/N-ethyl adjacent to an activating group) is 1. The number of β-amino-alcohol motifs (C(OH)–C–C–N with tert-alkyl or cyclic N) is 1. The molecular weight excluding hydrogens is 290 g/mol. The number of carbonyl (C=O) groups excluding carboxylic acids is 1. The first-order chi connectivity index (χ1) is 11.1. The summed E-state index contributed by atoms with van der Waals surface area (Å²) in [5.74, 6) is 0.285. The van der Waals surface area contributed by atoms with Gasteiger partial charge >= 0.3 is 0 Å². The zero-order valence-corrected chi connectivity index (χ0v) is 13.9. The molecule has 2 heterocycles. The molecule has 1 aromatic rings. The van der Waals surface area contributed by atoms with E-state index in [0.29, 0.717) is 6.54 Å². The van der Waals surface area contributed by atoms with Crippen molar-refractivity contribution < 1.29 is 9.90 Å². The lowest BCUT2D eigenvalue weighted by molar-refractivity contribution is -0.137. The van der Waals surface area contributed by atoms with Gasteiger partial charge in [-0.05, 0) is 32.0 Å². The molecule has 1 amide bonds. The Morgan fingerprint density at radius 1 is 1.17 bits per heavy atom. The quantitative estimate of drug-likeness (QED) is 0.898. The number of aliphatic hydroxyl groups excluding tert-OH is 1. The lowest BCUT2D eigenvalue weighted by Crippen LogP contribution is -2.53. The molecule has 0 unspecified atom stereocenters. The molecule has 2 fully saturated rings. The first-order valence-corrected chi connectivity index (χ1v) is 8.59. The zero-order chi connectivity index (χ0) is 16.2. The van der Waals surface area contributed by atoms with Crippen LogP contribution < -0.4 is 0 Å². The molecule has 2 saturated heterocycles. The van der Waals surface area contributed by atoms with Gasteiger partial charge in [-0.3, -0.25) is 14.6 Å². The van der Waals surface area contributed by atoms with E-state index in [1.807, 2.05) is 42.3 Å². The maximum Gasteiger partial charge on any atom is 0.240 e. The monoisotopic (exact) mass is 317 g/mol. The molecule has 0 bridgehead atoms. The van der Waals surface area contributed by atoms with Gasteiger partial charge in [0.2, 0.25) is 5.91 Å². The number of likely N-dealkylation sites (tertiary alicyclic amines) is 1. The number of hydrogen-bond donors (Lipinski definition) is 1. The molecular formula is C18H27N3O2. The normalized spacial score (nSPS) is 24.8. The molecule has 1 N–H and O–H groups in total. The third-order valence-corrected chi connectivity index (χ3v) is 5.10. The van der Waals surface area contributed by atoms with Gasteiger partial charge in [0.15, 0.2) is 0 Å². The van der Waals surface area contributed by atoms with Crippen LogP contribution in [0.4, 0.5) is 0 Å². The molecule has 1 aromatic carbocycles. The molecule has 3 rings (SSSR count). The molecule has 2 aliphatic rings. The Labute approximate surface area is 138 Å². The molecule has 0 radical (unpaired) electrons. The second-order valence-corrected chi connectivity index (χ2v) is 6.69. The zero-order valence-electron chi connectivity index (χ0n) is 13.9. The van der Waals surface area contributed by atoms with Crippen molar-refractivity contribution in [3.8, 4) is 0 Å². The van der Waals surface area contributed by atoms with Gasteiger partial charge in [-0.1, -0.05) is 30.3 Å². The Morgan fingerprint density at radius 2 is 1.87 bits per heavy atom. The van der Waals surface area contributed by atoms with E-state index >= 15 is 0 Å². The highest BCUT2D eigenvalue weighted by Crippen LogP contribution is 2.19. The van der Waals surface area contributed by atoms with Crippen molar-refractivity contribution in [2.75, 3.05) is 46.3 Å². The molecule has 0 spiro atoms. The van der Waals surface area contributed by atoms with E-state index in [-0.39, 0.29) is 11.9 Å². The fourth-order valence-electron chi connectivity index (χ4n) is 3.61. The van der Waals surface area contributed by atoms with Gasteiger partial charge in [0.05, 0.1) is 12.1 Å². The molecule has 23 heavy (non-hydrogen) atoms. The highest BCUT2D eigenvalue weighted by atomic mass is 16.3. The van der Waals surface area contributed by atoms with E-state index in [1.165, 1.54) is 0 Å². The average molecular weight is 317 g/mol. The molecule has 0 aromatic heterocycles. The number of piperazine rings is 1. The summed E-state index contributed by atoms with van der Waals surface area (Å²) < 4.78 is 0. The summed E-state index contributed by atoms with van der Waals surface area (Å²) in [4.78, 5) is 19.0. The van der Waals surface area contributed by atoms with E-state index in [0.717, 1.165) is 51.1 Å². The summed E-state index contributed by atoms with van der Waals surface area (Å²) in [6.07, 6.45) is 1.65. The number of hydrogen-bond acceptors (Lipinski definition) is 4. The van der Waals surface area contributed by atoms with E-state index in [9.17, 15) is 9.90 Å². The number of amides is 1. The van der Waals surface area contributed by atoms with Crippen LogP contribution in [0.5, 0.6) is 0 Å². The minimum atomic E-state index is -0.459. The van der Waals surface area contributed by atoms with Crippen LogP contribution in [0.15, 0.2) is 30.3 Å². The summed E-state index contributed by atoms with van der Waals surface area (Å²) in [6, 6.07) is 9.86. The van der Waals surface area contributed by atoms with E-state index < -0.39 is 6.10 Å². The fourth-order valence-corrected chi connectivity index (χ4v) is 3.61. The van der Waals surface area contributed by atoms with Crippen LogP contribution in [-0.2, 0) is 4.79 Å². The molecule has 5 heteroatoms. The SMILES string of the molecule is CN1CCC[C@@H]1C(=O)N1CCN(C[C@H](O)c2ccccc2)CC1. The smallest absolute Gasteiger partial charge is 0.240 e. The van der Waals surface area contributed by atoms with Gasteiger partial charge < -0.3 is 10.0 Å². The van der Waals surface area contributed by atoms with Crippen LogP contribution in [0.25, 0.3) is 0 Å². The average Bonchev–Trinajstić information content (AvgIpc) is 3.02. The van der Waals surface area contributed by atoms with E-state index in [4.69, 9.17) is 0 Å². The molecule has 5 nitrogen and oxygen atoms in total. The Bertz CT molecular complexity index is 514. The summed E-state index contributed by atoms with van der Waals surface area (Å²) in [5.41, 5.74) is 0.957. The number of rotatable bonds is 4. The van der Waals surface area contributed by atoms with Crippen molar-refractivity contribution >= 4 is 5.91 Å². The van der Waals surface area contributed by atoms with Gasteiger partial charge in [-0.25, -0.2) is 0 Å². The van der Waals surface area contributed by atoms with Crippen molar-refractivity contribution in [2.45, 2.75) is 25.0 Å². The van der Waals surface area contributed by atoms with Gasteiger partial charge in [0.1, 0.15) is 0 Å². The highest BCUT2D eigenvalue weighted by molar-refractivity contribution is 5.82. The molecule has 0 aliphatic carbocycles. The standard InChI is InChI=1S/C18H27N3O2/c1-19-9-5-8-16(19)18(23)21-12-10-20(11-13-21)14-17(22)15-6-3-2-4-7-15/h2-4,6-7,16-17,22H,5,8-14H2,1H3/t16-,17+/m1/s1. The van der Waals surface area contributed by atoms with Gasteiger partial charge in [0.25, 0.3) is 0 Å². The predicted octanol–water partition coefficient (Wildman–Crippen LogP) is 0.958. The van der Waals surface area contributed by atoms with Crippen molar-refractivity contribution in [1.82, 2.24) is 14.7 Å². The van der Waals surface area contributed by atoms with Crippen LogP contribution in [-0.4, -0.2) is 78.1 Å². The summed E-state index contributed by atoms with van der Waals surface area (Å²) >= 11 is 0. The number of aliphatic hydroxyl groups is 1. The second-order valence-electron chi connectivity index (χ2n) is 6.69. The Hall–Kier alpha value is -1.43. The summed E-state index contributed by atoms with van der Waals surface area (Å²) in [6.45, 7) is 4.88. The van der Waals surface area contributed by atoms with Crippen molar-refractivity contribution in [3.63, 3.8) is 0 Å². The van der Waals surface area contributed by atoms with Gasteiger partial charge in [-0.2, -0.15) is 0 Å². The summed E-state index contributed by atoms with van der Waals surface area (Å²) in [7, 11) is 2.04. The first-order valence-electron chi connectivity index (χ1n) is 8.59. The lowest BCUT2D eigenvalue weighted by atomic mass is 10.1. The largest absolute Gasteiger partial charge is 0.387 e. The second kappa shape index (κ2) is 7.43. The summed E-state index contributed by atoms with van der Waals surface area (Å²) in [5, 5.41) is 10.3. The predicted molar refractivity (Wildman–Crippen MR) is 90.1 cm³/mol. The molecule has 126 valence electrons. The van der Waals surface area contributed by atoms with Crippen LogP contribution in [0.3, 0.4) is 0 Å². The van der Waals surface area contributed by atoms with E-state index in [2.05, 4.69) is 9.80 Å².